The molecule has 1 saturated heterocycles. The van der Waals surface area contributed by atoms with Gasteiger partial charge < -0.3 is 15.6 Å². The third kappa shape index (κ3) is 1.16. The molecule has 3 heterocycles. The van der Waals surface area contributed by atoms with Crippen LogP contribution in [0.5, 0.6) is 0 Å². The number of nitrogen functional groups attached to an aromatic ring is 1. The molecule has 2 aromatic heterocycles. The lowest BCUT2D eigenvalue weighted by molar-refractivity contribution is 0.949. The molecule has 1 fully saturated rings. The van der Waals surface area contributed by atoms with Crippen LogP contribution in [0.1, 0.15) is 12.8 Å². The van der Waals surface area contributed by atoms with E-state index in [1.165, 1.54) is 30.9 Å². The topological polar surface area (TPSA) is 57.9 Å². The minimum atomic E-state index is 0.513. The molecular formula is C9H12N4S. The normalized spacial score (nSPS) is 17.0. The molecular weight excluding hydrogens is 196 g/mol. The minimum absolute atomic E-state index is 0.513. The lowest BCUT2D eigenvalue weighted by Gasteiger charge is -2.13. The highest BCUT2D eigenvalue weighted by molar-refractivity contribution is 7.22. The number of hydrogen-bond acceptors (Lipinski definition) is 4. The van der Waals surface area contributed by atoms with Gasteiger partial charge in [0.15, 0.2) is 5.95 Å². The highest BCUT2D eigenvalue weighted by Gasteiger charge is 2.15. The van der Waals surface area contributed by atoms with Gasteiger partial charge in [0.05, 0.1) is 10.5 Å². The van der Waals surface area contributed by atoms with Crippen molar-refractivity contribution < 1.29 is 0 Å². The quantitative estimate of drug-likeness (QED) is 0.751. The Balaban J connectivity index is 2.01. The van der Waals surface area contributed by atoms with Crippen molar-refractivity contribution in [1.29, 1.82) is 0 Å². The second-order valence-electron chi connectivity index (χ2n) is 3.62. The summed E-state index contributed by atoms with van der Waals surface area (Å²) in [5.74, 6) is 0.513. The van der Waals surface area contributed by atoms with E-state index in [0.717, 1.165) is 10.3 Å². The number of thiophene rings is 1. The summed E-state index contributed by atoms with van der Waals surface area (Å²) in [5, 5.41) is 1.32. The van der Waals surface area contributed by atoms with Gasteiger partial charge in [-0.05, 0) is 18.9 Å². The molecule has 14 heavy (non-hydrogen) atoms. The highest BCUT2D eigenvalue weighted by atomic mass is 32.1. The smallest absolute Gasteiger partial charge is 0.199 e. The minimum Gasteiger partial charge on any atom is -0.369 e. The maximum Gasteiger partial charge on any atom is 0.199 e. The summed E-state index contributed by atoms with van der Waals surface area (Å²) in [6.07, 6.45) is 2.61. The maximum atomic E-state index is 5.56. The van der Waals surface area contributed by atoms with Crippen LogP contribution >= 0.6 is 11.3 Å². The number of aromatic nitrogens is 2. The van der Waals surface area contributed by atoms with E-state index in [9.17, 15) is 0 Å². The number of hydrogen-bond donors (Lipinski definition) is 2. The van der Waals surface area contributed by atoms with Crippen LogP contribution in [0.15, 0.2) is 6.07 Å². The molecule has 0 amide bonds. The van der Waals surface area contributed by atoms with Crippen molar-refractivity contribution in [2.24, 2.45) is 0 Å². The molecule has 0 radical (unpaired) electrons. The van der Waals surface area contributed by atoms with Crippen LogP contribution < -0.4 is 10.6 Å². The molecule has 0 atom stereocenters. The number of nitrogens with zero attached hydrogens (tertiary/aromatic N) is 2. The Bertz CT molecular complexity index is 421. The second kappa shape index (κ2) is 2.88. The van der Waals surface area contributed by atoms with Crippen LogP contribution in [0.4, 0.5) is 10.9 Å². The molecule has 3 N–H and O–H groups in total. The molecule has 0 unspecified atom stereocenters. The summed E-state index contributed by atoms with van der Waals surface area (Å²) in [7, 11) is 0. The standard InChI is InChI=1S/C9H12N4S/c10-9-11-6-5-7(14-8(6)12-9)13-3-1-2-4-13/h5H,1-4H2,(H3,10,11,12). The molecule has 2 aromatic rings. The van der Waals surface area contributed by atoms with E-state index >= 15 is 0 Å². The molecule has 0 aliphatic carbocycles. The van der Waals surface area contributed by atoms with Crippen molar-refractivity contribution >= 4 is 32.6 Å². The van der Waals surface area contributed by atoms with Gasteiger partial charge in [0.1, 0.15) is 4.83 Å². The van der Waals surface area contributed by atoms with Gasteiger partial charge in [0, 0.05) is 13.1 Å². The molecule has 3 rings (SSSR count). The van der Waals surface area contributed by atoms with Gasteiger partial charge in [-0.25, -0.2) is 4.98 Å². The van der Waals surface area contributed by atoms with Gasteiger partial charge in [-0.1, -0.05) is 11.3 Å². The Morgan fingerprint density at radius 2 is 2.21 bits per heavy atom. The van der Waals surface area contributed by atoms with Crippen LogP contribution in [0, 0.1) is 0 Å². The van der Waals surface area contributed by atoms with Crippen molar-refractivity contribution in [3.8, 4) is 0 Å². The first-order chi connectivity index (χ1) is 6.83. The Labute approximate surface area is 85.7 Å². The van der Waals surface area contributed by atoms with E-state index in [2.05, 4.69) is 20.9 Å². The average Bonchev–Trinajstić information content (AvgIpc) is 2.74. The lowest BCUT2D eigenvalue weighted by atomic mass is 10.4. The van der Waals surface area contributed by atoms with Gasteiger partial charge in [-0.2, -0.15) is 0 Å². The van der Waals surface area contributed by atoms with Crippen LogP contribution in [-0.4, -0.2) is 23.1 Å². The first-order valence-corrected chi connectivity index (χ1v) is 5.64. The number of fused-ring (bicyclic) bond motifs is 1. The maximum absolute atomic E-state index is 5.56. The van der Waals surface area contributed by atoms with Crippen molar-refractivity contribution in [2.75, 3.05) is 23.7 Å². The average molecular weight is 208 g/mol. The fourth-order valence-electron chi connectivity index (χ4n) is 1.91. The zero-order valence-electron chi connectivity index (χ0n) is 7.79. The van der Waals surface area contributed by atoms with Crippen LogP contribution in [-0.2, 0) is 0 Å². The van der Waals surface area contributed by atoms with E-state index in [1.54, 1.807) is 11.3 Å². The van der Waals surface area contributed by atoms with Crippen LogP contribution in [0.3, 0.4) is 0 Å². The number of nitrogens with two attached hydrogens (primary N) is 1. The monoisotopic (exact) mass is 208 g/mol. The lowest BCUT2D eigenvalue weighted by Crippen LogP contribution is -2.15. The van der Waals surface area contributed by atoms with Gasteiger partial charge in [0.2, 0.25) is 0 Å². The highest BCUT2D eigenvalue weighted by Crippen LogP contribution is 2.33. The first-order valence-electron chi connectivity index (χ1n) is 4.83. The van der Waals surface area contributed by atoms with Gasteiger partial charge >= 0.3 is 0 Å². The molecule has 0 spiro atoms. The molecule has 0 bridgehead atoms. The fourth-order valence-corrected chi connectivity index (χ4v) is 2.96. The Kier molecular flexibility index (Phi) is 1.67. The van der Waals surface area contributed by atoms with E-state index in [-0.39, 0.29) is 0 Å². The zero-order valence-corrected chi connectivity index (χ0v) is 8.60. The second-order valence-corrected chi connectivity index (χ2v) is 4.63. The van der Waals surface area contributed by atoms with Crippen molar-refractivity contribution in [1.82, 2.24) is 9.97 Å². The van der Waals surface area contributed by atoms with Gasteiger partial charge in [0.25, 0.3) is 0 Å². The molecule has 4 nitrogen and oxygen atoms in total. The summed E-state index contributed by atoms with van der Waals surface area (Å²) in [6, 6.07) is 2.15. The Morgan fingerprint density at radius 1 is 1.43 bits per heavy atom. The largest absolute Gasteiger partial charge is 0.369 e. The molecule has 0 saturated carbocycles. The third-order valence-corrected chi connectivity index (χ3v) is 3.69. The zero-order chi connectivity index (χ0) is 9.54. The summed E-state index contributed by atoms with van der Waals surface area (Å²) in [4.78, 5) is 10.7. The summed E-state index contributed by atoms with van der Waals surface area (Å²) >= 11 is 1.72. The third-order valence-electron chi connectivity index (χ3n) is 2.60. The van der Waals surface area contributed by atoms with Crippen molar-refractivity contribution in [3.05, 3.63) is 6.07 Å². The molecule has 0 aromatic carbocycles. The fraction of sp³-hybridized carbons (Fsp3) is 0.444. The first kappa shape index (κ1) is 8.11. The number of aromatic amines is 1. The summed E-state index contributed by atoms with van der Waals surface area (Å²) < 4.78 is 0. The summed E-state index contributed by atoms with van der Waals surface area (Å²) in [5.41, 5.74) is 6.63. The molecule has 1 aliphatic rings. The molecule has 74 valence electrons. The number of H-pyrrole nitrogens is 1. The number of nitrogens with one attached hydrogen (secondary N) is 1. The number of imidazole rings is 1. The molecule has 5 heteroatoms. The molecule has 1 aliphatic heterocycles. The Morgan fingerprint density at radius 3 is 2.93 bits per heavy atom. The van der Waals surface area contributed by atoms with E-state index in [1.807, 2.05) is 0 Å². The number of rotatable bonds is 1. The predicted molar refractivity (Wildman–Crippen MR) is 59.8 cm³/mol. The van der Waals surface area contributed by atoms with Crippen LogP contribution in [0.2, 0.25) is 0 Å². The van der Waals surface area contributed by atoms with E-state index in [0.29, 0.717) is 5.95 Å². The van der Waals surface area contributed by atoms with Crippen molar-refractivity contribution in [3.63, 3.8) is 0 Å². The van der Waals surface area contributed by atoms with Gasteiger partial charge in [-0.15, -0.1) is 0 Å². The predicted octanol–water partition coefficient (Wildman–Crippen LogP) is 1.81. The van der Waals surface area contributed by atoms with Crippen molar-refractivity contribution in [2.45, 2.75) is 12.8 Å². The number of anilines is 2. The van der Waals surface area contributed by atoms with E-state index in [4.69, 9.17) is 5.73 Å². The van der Waals surface area contributed by atoms with Crippen LogP contribution in [0.25, 0.3) is 10.3 Å². The Hall–Kier alpha value is -1.23. The van der Waals surface area contributed by atoms with E-state index < -0.39 is 0 Å². The van der Waals surface area contributed by atoms with Gasteiger partial charge in [-0.3, -0.25) is 0 Å². The SMILES string of the molecule is Nc1nc2sc(N3CCCC3)cc2[nH]1. The summed E-state index contributed by atoms with van der Waals surface area (Å²) in [6.45, 7) is 2.36.